The highest BCUT2D eigenvalue weighted by Gasteiger charge is 2.37. The maximum absolute atomic E-state index is 13.4. The molecule has 1 atom stereocenters. The fourth-order valence-electron chi connectivity index (χ4n) is 3.65. The first-order valence-electron chi connectivity index (χ1n) is 10.7. The highest BCUT2D eigenvalue weighted by molar-refractivity contribution is 7.92. The Labute approximate surface area is 194 Å². The number of hydrogen-bond acceptors (Lipinski definition) is 5. The van der Waals surface area contributed by atoms with E-state index < -0.39 is 22.0 Å². The molecule has 0 radical (unpaired) electrons. The molecule has 0 aliphatic carbocycles. The number of nitrogens with one attached hydrogen (secondary N) is 1. The van der Waals surface area contributed by atoms with Gasteiger partial charge >= 0.3 is 0 Å². The van der Waals surface area contributed by atoms with E-state index in [0.717, 1.165) is 11.1 Å². The highest BCUT2D eigenvalue weighted by atomic mass is 32.2. The van der Waals surface area contributed by atoms with Crippen LogP contribution in [0.3, 0.4) is 0 Å². The second-order valence-corrected chi connectivity index (χ2v) is 9.54. The second-order valence-electron chi connectivity index (χ2n) is 7.68. The Morgan fingerprint density at radius 2 is 1.76 bits per heavy atom. The van der Waals surface area contributed by atoms with Gasteiger partial charge in [-0.25, -0.2) is 8.42 Å². The Kier molecular flexibility index (Phi) is 6.55. The molecule has 33 heavy (non-hydrogen) atoms. The standard InChI is InChI=1S/C25H26N2O5S/c1-3-31-22-10-6-4-8-19(22)16-26-25(28)24-17-27(21-9-5-7-11-23(21)32-24)33(29,30)20-14-12-18(2)13-15-20/h4-15,24H,3,16-17H2,1-2H3,(H,26,28). The molecule has 3 aromatic carbocycles. The lowest BCUT2D eigenvalue weighted by Crippen LogP contribution is -2.50. The van der Waals surface area contributed by atoms with Crippen LogP contribution in [0.4, 0.5) is 5.69 Å². The van der Waals surface area contributed by atoms with E-state index in [2.05, 4.69) is 5.32 Å². The smallest absolute Gasteiger partial charge is 0.264 e. The molecule has 0 fully saturated rings. The van der Waals surface area contributed by atoms with Gasteiger partial charge in [-0.2, -0.15) is 0 Å². The first kappa shape index (κ1) is 22.7. The molecule has 4 rings (SSSR count). The first-order valence-corrected chi connectivity index (χ1v) is 12.2. The van der Waals surface area contributed by atoms with E-state index >= 15 is 0 Å². The summed E-state index contributed by atoms with van der Waals surface area (Å²) in [6, 6.07) is 20.9. The third-order valence-electron chi connectivity index (χ3n) is 5.36. The van der Waals surface area contributed by atoms with Gasteiger partial charge in [-0.3, -0.25) is 9.10 Å². The van der Waals surface area contributed by atoms with Gasteiger partial charge in [0.2, 0.25) is 0 Å². The number of ether oxygens (including phenoxy) is 2. The summed E-state index contributed by atoms with van der Waals surface area (Å²) in [5.74, 6) is 0.632. The van der Waals surface area contributed by atoms with Crippen molar-refractivity contribution in [2.45, 2.75) is 31.4 Å². The van der Waals surface area contributed by atoms with E-state index in [0.29, 0.717) is 23.8 Å². The molecule has 1 N–H and O–H groups in total. The van der Waals surface area contributed by atoms with Gasteiger partial charge in [-0.15, -0.1) is 0 Å². The Balaban J connectivity index is 1.57. The van der Waals surface area contributed by atoms with E-state index in [1.807, 2.05) is 38.1 Å². The predicted octanol–water partition coefficient (Wildman–Crippen LogP) is 3.67. The van der Waals surface area contributed by atoms with Crippen molar-refractivity contribution in [1.82, 2.24) is 5.32 Å². The van der Waals surface area contributed by atoms with Crippen LogP contribution in [-0.2, 0) is 21.4 Å². The lowest BCUT2D eigenvalue weighted by atomic mass is 10.2. The molecule has 8 heteroatoms. The average molecular weight is 467 g/mol. The predicted molar refractivity (Wildman–Crippen MR) is 126 cm³/mol. The summed E-state index contributed by atoms with van der Waals surface area (Å²) in [6.07, 6.45) is -1.00. The third kappa shape index (κ3) is 4.80. The number of benzene rings is 3. The number of nitrogens with zero attached hydrogens (tertiary/aromatic N) is 1. The zero-order valence-corrected chi connectivity index (χ0v) is 19.3. The number of aryl methyl sites for hydroxylation is 1. The van der Waals surface area contributed by atoms with Crippen molar-refractivity contribution in [3.05, 3.63) is 83.9 Å². The molecule has 0 aromatic heterocycles. The summed E-state index contributed by atoms with van der Waals surface area (Å²) in [5.41, 5.74) is 2.19. The number of rotatable bonds is 7. The van der Waals surface area contributed by atoms with Crippen molar-refractivity contribution in [1.29, 1.82) is 0 Å². The van der Waals surface area contributed by atoms with Crippen LogP contribution in [0.15, 0.2) is 77.7 Å². The molecule has 172 valence electrons. The summed E-state index contributed by atoms with van der Waals surface area (Å²) >= 11 is 0. The van der Waals surface area contributed by atoms with Gasteiger partial charge in [-0.1, -0.05) is 48.0 Å². The van der Waals surface area contributed by atoms with Gasteiger partial charge in [0.15, 0.2) is 6.10 Å². The van der Waals surface area contributed by atoms with E-state index in [-0.39, 0.29) is 18.0 Å². The summed E-state index contributed by atoms with van der Waals surface area (Å²) in [5, 5.41) is 2.85. The first-order chi connectivity index (χ1) is 15.9. The molecule has 1 amide bonds. The maximum atomic E-state index is 13.4. The molecule has 1 unspecified atom stereocenters. The van der Waals surface area contributed by atoms with Crippen LogP contribution in [0.25, 0.3) is 0 Å². The Bertz CT molecular complexity index is 1240. The van der Waals surface area contributed by atoms with Crippen LogP contribution in [0.1, 0.15) is 18.1 Å². The van der Waals surface area contributed by atoms with Gasteiger partial charge in [0, 0.05) is 12.1 Å². The second kappa shape index (κ2) is 9.54. The van der Waals surface area contributed by atoms with Crippen LogP contribution < -0.4 is 19.1 Å². The lowest BCUT2D eigenvalue weighted by Gasteiger charge is -2.34. The summed E-state index contributed by atoms with van der Waals surface area (Å²) < 4.78 is 39.6. The zero-order valence-electron chi connectivity index (χ0n) is 18.5. The summed E-state index contributed by atoms with van der Waals surface area (Å²) in [7, 11) is -3.89. The highest BCUT2D eigenvalue weighted by Crippen LogP contribution is 2.36. The van der Waals surface area contributed by atoms with Crippen molar-refractivity contribution in [3.8, 4) is 11.5 Å². The third-order valence-corrected chi connectivity index (χ3v) is 7.16. The average Bonchev–Trinajstić information content (AvgIpc) is 2.83. The number of para-hydroxylation sites is 3. The van der Waals surface area contributed by atoms with Gasteiger partial charge < -0.3 is 14.8 Å². The van der Waals surface area contributed by atoms with E-state index in [1.54, 1.807) is 48.5 Å². The van der Waals surface area contributed by atoms with Crippen LogP contribution in [-0.4, -0.2) is 33.6 Å². The largest absolute Gasteiger partial charge is 0.494 e. The molecular weight excluding hydrogens is 440 g/mol. The topological polar surface area (TPSA) is 84.9 Å². The number of fused-ring (bicyclic) bond motifs is 1. The summed E-state index contributed by atoms with van der Waals surface area (Å²) in [6.45, 7) is 4.41. The number of carbonyl (C=O) groups excluding carboxylic acids is 1. The fraction of sp³-hybridized carbons (Fsp3) is 0.240. The van der Waals surface area contributed by atoms with Crippen LogP contribution in [0.5, 0.6) is 11.5 Å². The van der Waals surface area contributed by atoms with Crippen molar-refractivity contribution >= 4 is 21.6 Å². The maximum Gasteiger partial charge on any atom is 0.264 e. The molecule has 1 heterocycles. The van der Waals surface area contributed by atoms with E-state index in [9.17, 15) is 13.2 Å². The molecular formula is C25H26N2O5S. The normalized spacial score (nSPS) is 15.3. The van der Waals surface area contributed by atoms with Crippen molar-refractivity contribution in [2.24, 2.45) is 0 Å². The molecule has 0 saturated heterocycles. The quantitative estimate of drug-likeness (QED) is 0.574. The fourth-order valence-corrected chi connectivity index (χ4v) is 5.12. The van der Waals surface area contributed by atoms with Gasteiger partial charge in [-0.05, 0) is 44.2 Å². The number of carbonyl (C=O) groups is 1. The number of amides is 1. The Morgan fingerprint density at radius 1 is 1.06 bits per heavy atom. The summed E-state index contributed by atoms with van der Waals surface area (Å²) in [4.78, 5) is 13.2. The molecule has 0 saturated carbocycles. The molecule has 1 aliphatic rings. The van der Waals surface area contributed by atoms with Crippen molar-refractivity contribution in [3.63, 3.8) is 0 Å². The zero-order chi connectivity index (χ0) is 23.4. The Morgan fingerprint density at radius 3 is 2.52 bits per heavy atom. The van der Waals surface area contributed by atoms with Gasteiger partial charge in [0.25, 0.3) is 15.9 Å². The van der Waals surface area contributed by atoms with Crippen molar-refractivity contribution < 1.29 is 22.7 Å². The minimum Gasteiger partial charge on any atom is -0.494 e. The SMILES string of the molecule is CCOc1ccccc1CNC(=O)C1CN(S(=O)(=O)c2ccc(C)cc2)c2ccccc2O1. The number of sulfonamides is 1. The van der Waals surface area contributed by atoms with Gasteiger partial charge in [0.05, 0.1) is 23.7 Å². The molecule has 0 spiro atoms. The van der Waals surface area contributed by atoms with Crippen molar-refractivity contribution in [2.75, 3.05) is 17.5 Å². The van der Waals surface area contributed by atoms with E-state index in [1.165, 1.54) is 4.31 Å². The minimum atomic E-state index is -3.89. The lowest BCUT2D eigenvalue weighted by molar-refractivity contribution is -0.127. The number of anilines is 1. The number of hydrogen-bond donors (Lipinski definition) is 1. The minimum absolute atomic E-state index is 0.133. The van der Waals surface area contributed by atoms with Gasteiger partial charge in [0.1, 0.15) is 11.5 Å². The molecule has 0 bridgehead atoms. The van der Waals surface area contributed by atoms with Crippen LogP contribution in [0, 0.1) is 6.92 Å². The Hall–Kier alpha value is -3.52. The monoisotopic (exact) mass is 466 g/mol. The van der Waals surface area contributed by atoms with Crippen LogP contribution >= 0.6 is 0 Å². The van der Waals surface area contributed by atoms with E-state index in [4.69, 9.17) is 9.47 Å². The molecule has 1 aliphatic heterocycles. The van der Waals surface area contributed by atoms with Crippen LogP contribution in [0.2, 0.25) is 0 Å². The molecule has 7 nitrogen and oxygen atoms in total. The molecule has 3 aromatic rings.